The van der Waals surface area contributed by atoms with E-state index in [0.29, 0.717) is 30.0 Å². The summed E-state index contributed by atoms with van der Waals surface area (Å²) < 4.78 is 44.0. The molecule has 2 aliphatic rings. The molecule has 1 saturated heterocycles. The van der Waals surface area contributed by atoms with Gasteiger partial charge in [-0.15, -0.1) is 10.2 Å². The van der Waals surface area contributed by atoms with Gasteiger partial charge in [0.05, 0.1) is 11.6 Å². The lowest BCUT2D eigenvalue weighted by Crippen LogP contribution is -2.47. The molecule has 33 heavy (non-hydrogen) atoms. The Morgan fingerprint density at radius 1 is 1.09 bits per heavy atom. The molecular formula is C22H19F3N6O2. The molecule has 0 radical (unpaired) electrons. The number of ether oxygens (including phenoxy) is 1. The second-order valence-corrected chi connectivity index (χ2v) is 8.19. The van der Waals surface area contributed by atoms with Gasteiger partial charge in [0.2, 0.25) is 5.88 Å². The molecule has 1 aliphatic heterocycles. The van der Waals surface area contributed by atoms with E-state index in [4.69, 9.17) is 4.74 Å². The minimum absolute atomic E-state index is 0.00000382. The van der Waals surface area contributed by atoms with Gasteiger partial charge in [-0.25, -0.2) is 15.0 Å². The van der Waals surface area contributed by atoms with E-state index in [2.05, 4.69) is 25.1 Å². The van der Waals surface area contributed by atoms with Crippen LogP contribution in [0.15, 0.2) is 42.7 Å². The first kappa shape index (κ1) is 21.2. The maximum atomic E-state index is 13.5. The fraction of sp³-hybridized carbons (Fsp3) is 0.364. The van der Waals surface area contributed by atoms with Gasteiger partial charge in [-0.3, -0.25) is 4.79 Å². The summed E-state index contributed by atoms with van der Waals surface area (Å²) in [4.78, 5) is 28.2. The molecule has 1 amide bonds. The van der Waals surface area contributed by atoms with Crippen LogP contribution < -0.4 is 4.74 Å². The minimum Gasteiger partial charge on any atom is -0.471 e. The number of aryl methyl sites for hydroxylation is 1. The van der Waals surface area contributed by atoms with E-state index in [1.165, 1.54) is 0 Å². The van der Waals surface area contributed by atoms with Crippen LogP contribution in [0.4, 0.5) is 13.2 Å². The highest BCUT2D eigenvalue weighted by molar-refractivity contribution is 5.98. The van der Waals surface area contributed by atoms with E-state index in [1.807, 2.05) is 0 Å². The molecule has 2 bridgehead atoms. The topological polar surface area (TPSA) is 94.0 Å². The van der Waals surface area contributed by atoms with Crippen molar-refractivity contribution < 1.29 is 22.7 Å². The summed E-state index contributed by atoms with van der Waals surface area (Å²) in [5, 5.41) is 6.77. The minimum atomic E-state index is -4.57. The SMILES string of the molecule is Cc1ccc(-c2ncccn2)c(C(=O)N2C[C@H]3C[C@@H](Oc4ccc(C(F)(F)F)nn4)[C@@H]2C3)n1. The summed E-state index contributed by atoms with van der Waals surface area (Å²) in [6, 6.07) is 7.03. The van der Waals surface area contributed by atoms with E-state index in [1.54, 1.807) is 42.4 Å². The Bertz CT molecular complexity index is 1170. The summed E-state index contributed by atoms with van der Waals surface area (Å²) >= 11 is 0. The van der Waals surface area contributed by atoms with Crippen LogP contribution in [-0.2, 0) is 6.18 Å². The quantitative estimate of drug-likeness (QED) is 0.594. The maximum Gasteiger partial charge on any atom is 0.435 e. The number of amides is 1. The molecule has 0 N–H and O–H groups in total. The lowest BCUT2D eigenvalue weighted by atomic mass is 10.1. The summed E-state index contributed by atoms with van der Waals surface area (Å²) in [6.45, 7) is 2.37. The first-order valence-corrected chi connectivity index (χ1v) is 10.4. The number of nitrogens with zero attached hydrogens (tertiary/aromatic N) is 6. The number of carbonyl (C=O) groups excluding carboxylic acids is 1. The number of aromatic nitrogens is 5. The molecule has 3 aromatic rings. The number of piperidine rings is 1. The van der Waals surface area contributed by atoms with Crippen molar-refractivity contribution in [2.75, 3.05) is 6.54 Å². The number of carbonyl (C=O) groups is 1. The van der Waals surface area contributed by atoms with Gasteiger partial charge in [0.1, 0.15) is 11.8 Å². The monoisotopic (exact) mass is 456 g/mol. The Labute approximate surface area is 186 Å². The summed E-state index contributed by atoms with van der Waals surface area (Å²) in [5.74, 6) is 0.388. The van der Waals surface area contributed by atoms with Gasteiger partial charge >= 0.3 is 6.18 Å². The van der Waals surface area contributed by atoms with Crippen LogP contribution in [0.25, 0.3) is 11.4 Å². The number of alkyl halides is 3. The van der Waals surface area contributed by atoms with Crippen LogP contribution in [0.5, 0.6) is 5.88 Å². The van der Waals surface area contributed by atoms with Gasteiger partial charge in [-0.1, -0.05) is 0 Å². The third kappa shape index (κ3) is 4.10. The highest BCUT2D eigenvalue weighted by atomic mass is 19.4. The number of hydrogen-bond donors (Lipinski definition) is 0. The normalized spacial score (nSPS) is 21.9. The van der Waals surface area contributed by atoms with E-state index in [9.17, 15) is 18.0 Å². The number of rotatable bonds is 4. The van der Waals surface area contributed by atoms with Crippen LogP contribution >= 0.6 is 0 Å². The highest BCUT2D eigenvalue weighted by Crippen LogP contribution is 2.41. The van der Waals surface area contributed by atoms with E-state index >= 15 is 0 Å². The van der Waals surface area contributed by atoms with Gasteiger partial charge < -0.3 is 9.64 Å². The van der Waals surface area contributed by atoms with Gasteiger partial charge in [-0.2, -0.15) is 13.2 Å². The molecule has 0 spiro atoms. The molecule has 5 rings (SSSR count). The Hall–Kier alpha value is -3.63. The predicted octanol–water partition coefficient (Wildman–Crippen LogP) is 3.34. The van der Waals surface area contributed by atoms with Crippen molar-refractivity contribution in [2.24, 2.45) is 5.92 Å². The fourth-order valence-electron chi connectivity index (χ4n) is 4.49. The zero-order valence-corrected chi connectivity index (χ0v) is 17.5. The molecule has 4 heterocycles. The number of pyridine rings is 1. The second kappa shape index (κ2) is 8.05. The Kier molecular flexibility index (Phi) is 5.18. The molecule has 1 saturated carbocycles. The predicted molar refractivity (Wildman–Crippen MR) is 109 cm³/mol. The van der Waals surface area contributed by atoms with Crippen LogP contribution in [0, 0.1) is 12.8 Å². The lowest BCUT2D eigenvalue weighted by Gasteiger charge is -2.33. The molecule has 8 nitrogen and oxygen atoms in total. The van der Waals surface area contributed by atoms with Crippen molar-refractivity contribution in [1.82, 2.24) is 30.0 Å². The van der Waals surface area contributed by atoms with Gasteiger partial charge in [0.25, 0.3) is 5.91 Å². The maximum absolute atomic E-state index is 13.5. The Balaban J connectivity index is 1.37. The molecule has 0 unspecified atom stereocenters. The van der Waals surface area contributed by atoms with Crippen molar-refractivity contribution in [3.05, 3.63) is 59.8 Å². The number of hydrogen-bond acceptors (Lipinski definition) is 7. The molecule has 3 aromatic heterocycles. The van der Waals surface area contributed by atoms with E-state index < -0.39 is 11.9 Å². The number of likely N-dealkylation sites (tertiary alicyclic amines) is 1. The third-order valence-electron chi connectivity index (χ3n) is 5.93. The zero-order chi connectivity index (χ0) is 23.2. The fourth-order valence-corrected chi connectivity index (χ4v) is 4.49. The Morgan fingerprint density at radius 2 is 1.88 bits per heavy atom. The van der Waals surface area contributed by atoms with Crippen molar-refractivity contribution in [2.45, 2.75) is 38.1 Å². The molecule has 11 heteroatoms. The molecule has 1 aliphatic carbocycles. The number of fused-ring (bicyclic) bond motifs is 2. The second-order valence-electron chi connectivity index (χ2n) is 8.19. The van der Waals surface area contributed by atoms with E-state index in [0.717, 1.165) is 18.6 Å². The third-order valence-corrected chi connectivity index (χ3v) is 5.93. The van der Waals surface area contributed by atoms with Crippen LogP contribution in [0.3, 0.4) is 0 Å². The largest absolute Gasteiger partial charge is 0.471 e. The number of halogens is 3. The first-order valence-electron chi connectivity index (χ1n) is 10.4. The molecule has 0 aromatic carbocycles. The van der Waals surface area contributed by atoms with Crippen molar-refractivity contribution in [1.29, 1.82) is 0 Å². The summed E-state index contributed by atoms with van der Waals surface area (Å²) in [5.41, 5.74) is 0.415. The zero-order valence-electron chi connectivity index (χ0n) is 17.5. The first-order chi connectivity index (χ1) is 15.8. The van der Waals surface area contributed by atoms with Crippen LogP contribution in [0.1, 0.15) is 34.7 Å². The van der Waals surface area contributed by atoms with Crippen molar-refractivity contribution >= 4 is 5.91 Å². The molecule has 2 fully saturated rings. The summed E-state index contributed by atoms with van der Waals surface area (Å²) in [7, 11) is 0. The smallest absolute Gasteiger partial charge is 0.435 e. The lowest BCUT2D eigenvalue weighted by molar-refractivity contribution is -0.141. The highest BCUT2D eigenvalue weighted by Gasteiger charge is 2.49. The standard InChI is InChI=1S/C22H19F3N6O2/c1-12-3-4-14(20-26-7-2-8-27-20)19(28-12)21(32)31-11-13-9-15(31)16(10-13)33-18-6-5-17(29-30-18)22(23,24)25/h2-8,13,15-16H,9-11H2,1H3/t13-,15+,16-/m1/s1. The van der Waals surface area contributed by atoms with Crippen LogP contribution in [-0.4, -0.2) is 54.6 Å². The van der Waals surface area contributed by atoms with Gasteiger partial charge in [0, 0.05) is 30.7 Å². The van der Waals surface area contributed by atoms with Crippen LogP contribution in [0.2, 0.25) is 0 Å². The molecule has 3 atom stereocenters. The van der Waals surface area contributed by atoms with Crippen molar-refractivity contribution in [3.63, 3.8) is 0 Å². The average Bonchev–Trinajstić information content (AvgIpc) is 3.39. The van der Waals surface area contributed by atoms with Crippen molar-refractivity contribution in [3.8, 4) is 17.3 Å². The van der Waals surface area contributed by atoms with Gasteiger partial charge in [0.15, 0.2) is 11.5 Å². The van der Waals surface area contributed by atoms with Gasteiger partial charge in [-0.05, 0) is 49.9 Å². The Morgan fingerprint density at radius 3 is 2.55 bits per heavy atom. The average molecular weight is 456 g/mol. The summed E-state index contributed by atoms with van der Waals surface area (Å²) in [6.07, 6.45) is -0.324. The molecule has 170 valence electrons. The molecular weight excluding hydrogens is 437 g/mol. The van der Waals surface area contributed by atoms with E-state index in [-0.39, 0.29) is 35.5 Å².